The maximum Gasteiger partial charge on any atom is 0.209 e. The number of nitrogens with one attached hydrogen (secondary N) is 1. The van der Waals surface area contributed by atoms with E-state index < -0.39 is 0 Å². The van der Waals surface area contributed by atoms with Crippen molar-refractivity contribution in [3.63, 3.8) is 0 Å². The Kier molecular flexibility index (Phi) is 5.54. The SMILES string of the molecule is CCCNCCn1nnnc1SCc1cc(C)nn1C. The first-order valence-electron chi connectivity index (χ1n) is 6.80. The largest absolute Gasteiger partial charge is 0.315 e. The molecule has 0 unspecified atom stereocenters. The summed E-state index contributed by atoms with van der Waals surface area (Å²) >= 11 is 1.64. The average Bonchev–Trinajstić information content (AvgIpc) is 2.99. The van der Waals surface area contributed by atoms with E-state index in [9.17, 15) is 0 Å². The van der Waals surface area contributed by atoms with Gasteiger partial charge >= 0.3 is 0 Å². The molecule has 0 bridgehead atoms. The van der Waals surface area contributed by atoms with Crippen LogP contribution in [0.15, 0.2) is 11.2 Å². The molecule has 0 saturated carbocycles. The lowest BCUT2D eigenvalue weighted by atomic mass is 10.4. The van der Waals surface area contributed by atoms with Gasteiger partial charge in [0.25, 0.3) is 0 Å². The molecule has 8 heteroatoms. The number of hydrogen-bond donors (Lipinski definition) is 1. The number of aromatic nitrogens is 6. The van der Waals surface area contributed by atoms with Crippen molar-refractivity contribution in [2.45, 2.75) is 37.7 Å². The maximum atomic E-state index is 4.34. The van der Waals surface area contributed by atoms with Gasteiger partial charge in [0, 0.05) is 25.0 Å². The van der Waals surface area contributed by atoms with Crippen LogP contribution >= 0.6 is 11.8 Å². The van der Waals surface area contributed by atoms with Gasteiger partial charge in [0.15, 0.2) is 0 Å². The molecule has 0 aliphatic carbocycles. The molecular weight excluding hydrogens is 274 g/mol. The standard InChI is InChI=1S/C12H21N7S/c1-4-5-13-6-7-19-12(14-16-17-19)20-9-11-8-10(2)15-18(11)3/h8,13H,4-7,9H2,1-3H3. The highest BCUT2D eigenvalue weighted by atomic mass is 32.2. The first kappa shape index (κ1) is 15.0. The van der Waals surface area contributed by atoms with Crippen LogP contribution in [-0.2, 0) is 19.3 Å². The average molecular weight is 295 g/mol. The summed E-state index contributed by atoms with van der Waals surface area (Å²) in [6.45, 7) is 6.86. The highest BCUT2D eigenvalue weighted by molar-refractivity contribution is 7.98. The molecule has 7 nitrogen and oxygen atoms in total. The van der Waals surface area contributed by atoms with E-state index in [1.165, 1.54) is 5.69 Å². The third-order valence-corrected chi connectivity index (χ3v) is 3.86. The van der Waals surface area contributed by atoms with Crippen LogP contribution in [0.1, 0.15) is 24.7 Å². The van der Waals surface area contributed by atoms with Gasteiger partial charge in [-0.15, -0.1) is 5.10 Å². The van der Waals surface area contributed by atoms with Crippen molar-refractivity contribution in [3.05, 3.63) is 17.5 Å². The summed E-state index contributed by atoms with van der Waals surface area (Å²) in [5.74, 6) is 0.820. The van der Waals surface area contributed by atoms with Gasteiger partial charge in [0.2, 0.25) is 5.16 Å². The lowest BCUT2D eigenvalue weighted by Gasteiger charge is -2.05. The Morgan fingerprint density at radius 3 is 2.90 bits per heavy atom. The molecule has 110 valence electrons. The van der Waals surface area contributed by atoms with Gasteiger partial charge in [0.05, 0.1) is 12.2 Å². The Morgan fingerprint density at radius 1 is 1.35 bits per heavy atom. The Hall–Kier alpha value is -1.41. The van der Waals surface area contributed by atoms with Crippen molar-refractivity contribution in [2.24, 2.45) is 7.05 Å². The van der Waals surface area contributed by atoms with Gasteiger partial charge in [-0.25, -0.2) is 4.68 Å². The fraction of sp³-hybridized carbons (Fsp3) is 0.667. The summed E-state index contributed by atoms with van der Waals surface area (Å²) in [4.78, 5) is 0. The van der Waals surface area contributed by atoms with Crippen LogP contribution < -0.4 is 5.32 Å². The van der Waals surface area contributed by atoms with Crippen LogP contribution in [0.3, 0.4) is 0 Å². The molecule has 20 heavy (non-hydrogen) atoms. The Labute approximate surface area is 123 Å². The molecule has 2 heterocycles. The highest BCUT2D eigenvalue weighted by Gasteiger charge is 2.09. The van der Waals surface area contributed by atoms with E-state index in [4.69, 9.17) is 0 Å². The molecule has 0 aliphatic rings. The number of aryl methyl sites for hydroxylation is 2. The molecule has 0 saturated heterocycles. The minimum absolute atomic E-state index is 0.791. The number of tetrazole rings is 1. The van der Waals surface area contributed by atoms with Crippen molar-refractivity contribution >= 4 is 11.8 Å². The fourth-order valence-electron chi connectivity index (χ4n) is 1.86. The normalized spacial score (nSPS) is 11.2. The molecule has 0 amide bonds. The second kappa shape index (κ2) is 7.39. The van der Waals surface area contributed by atoms with E-state index in [-0.39, 0.29) is 0 Å². The highest BCUT2D eigenvalue weighted by Crippen LogP contribution is 2.19. The van der Waals surface area contributed by atoms with Crippen molar-refractivity contribution < 1.29 is 0 Å². The van der Waals surface area contributed by atoms with Crippen LogP contribution in [0, 0.1) is 6.92 Å². The zero-order valence-corrected chi connectivity index (χ0v) is 13.0. The predicted octanol–water partition coefficient (Wildman–Crippen LogP) is 1.01. The summed E-state index contributed by atoms with van der Waals surface area (Å²) in [7, 11) is 1.96. The number of nitrogens with zero attached hydrogens (tertiary/aromatic N) is 6. The van der Waals surface area contributed by atoms with Gasteiger partial charge in [-0.2, -0.15) is 5.10 Å². The molecule has 2 aromatic heterocycles. The summed E-state index contributed by atoms with van der Waals surface area (Å²) in [6.07, 6.45) is 1.14. The topological polar surface area (TPSA) is 73.5 Å². The zero-order valence-electron chi connectivity index (χ0n) is 12.2. The molecule has 0 radical (unpaired) electrons. The van der Waals surface area contributed by atoms with Crippen LogP contribution in [0.4, 0.5) is 0 Å². The molecule has 2 rings (SSSR count). The molecule has 0 aliphatic heterocycles. The van der Waals surface area contributed by atoms with E-state index in [0.717, 1.165) is 42.7 Å². The minimum atomic E-state index is 0.791. The number of hydrogen-bond acceptors (Lipinski definition) is 6. The van der Waals surface area contributed by atoms with Gasteiger partial charge in [0.1, 0.15) is 0 Å². The second-order valence-corrected chi connectivity index (χ2v) is 5.57. The van der Waals surface area contributed by atoms with Gasteiger partial charge in [-0.1, -0.05) is 18.7 Å². The Balaban J connectivity index is 1.87. The summed E-state index contributed by atoms with van der Waals surface area (Å²) in [5.41, 5.74) is 2.21. The van der Waals surface area contributed by atoms with Crippen molar-refractivity contribution in [2.75, 3.05) is 13.1 Å². The van der Waals surface area contributed by atoms with Crippen LogP contribution in [0.25, 0.3) is 0 Å². The molecule has 2 aromatic rings. The van der Waals surface area contributed by atoms with E-state index in [0.29, 0.717) is 0 Å². The molecule has 0 atom stereocenters. The van der Waals surface area contributed by atoms with Crippen molar-refractivity contribution in [1.82, 2.24) is 35.3 Å². The lowest BCUT2D eigenvalue weighted by Crippen LogP contribution is -2.21. The van der Waals surface area contributed by atoms with Crippen molar-refractivity contribution in [3.8, 4) is 0 Å². The predicted molar refractivity (Wildman–Crippen MR) is 78.5 cm³/mol. The summed E-state index contributed by atoms with van der Waals surface area (Å²) in [6, 6.07) is 2.09. The summed E-state index contributed by atoms with van der Waals surface area (Å²) < 4.78 is 3.75. The number of rotatable bonds is 8. The lowest BCUT2D eigenvalue weighted by molar-refractivity contribution is 0.510. The Morgan fingerprint density at radius 2 is 2.20 bits per heavy atom. The minimum Gasteiger partial charge on any atom is -0.315 e. The van der Waals surface area contributed by atoms with Crippen LogP contribution in [0.5, 0.6) is 0 Å². The third kappa shape index (κ3) is 4.04. The zero-order chi connectivity index (χ0) is 14.4. The molecule has 0 spiro atoms. The van der Waals surface area contributed by atoms with Gasteiger partial charge in [-0.05, 0) is 36.4 Å². The van der Waals surface area contributed by atoms with Gasteiger partial charge in [-0.3, -0.25) is 4.68 Å². The van der Waals surface area contributed by atoms with Crippen LogP contribution in [0.2, 0.25) is 0 Å². The van der Waals surface area contributed by atoms with Crippen LogP contribution in [-0.4, -0.2) is 43.1 Å². The molecule has 1 N–H and O–H groups in total. The van der Waals surface area contributed by atoms with E-state index in [1.54, 1.807) is 11.8 Å². The second-order valence-electron chi connectivity index (χ2n) is 4.62. The van der Waals surface area contributed by atoms with Gasteiger partial charge < -0.3 is 5.32 Å². The quantitative estimate of drug-likeness (QED) is 0.579. The smallest absolute Gasteiger partial charge is 0.209 e. The summed E-state index contributed by atoms with van der Waals surface area (Å²) in [5, 5.41) is 20.4. The van der Waals surface area contributed by atoms with E-state index in [2.05, 4.69) is 38.9 Å². The Bertz CT molecular complexity index is 534. The van der Waals surface area contributed by atoms with E-state index in [1.807, 2.05) is 23.3 Å². The van der Waals surface area contributed by atoms with E-state index >= 15 is 0 Å². The molecule has 0 fully saturated rings. The number of thioether (sulfide) groups is 1. The first-order chi connectivity index (χ1) is 9.70. The van der Waals surface area contributed by atoms with Crippen molar-refractivity contribution in [1.29, 1.82) is 0 Å². The molecular formula is C12H21N7S. The first-order valence-corrected chi connectivity index (χ1v) is 7.78. The monoisotopic (exact) mass is 295 g/mol. The fourth-order valence-corrected chi connectivity index (χ4v) is 2.78. The molecule has 0 aromatic carbocycles. The third-order valence-electron chi connectivity index (χ3n) is 2.87. The maximum absolute atomic E-state index is 4.34.